The Balaban J connectivity index is 1.63. The largest absolute Gasteiger partial charge is 0.345 e. The molecule has 19 heavy (non-hydrogen) atoms. The predicted octanol–water partition coefficient (Wildman–Crippen LogP) is 1.06. The number of carbonyl (C=O) groups excluding carboxylic acids is 1. The third kappa shape index (κ3) is 2.33. The van der Waals surface area contributed by atoms with Gasteiger partial charge in [-0.05, 0) is 37.0 Å². The standard InChI is InChI=1S/C14H18N4O/c1-18(13(19)14(15)5-6-14)7-4-10-2-3-11-12(8-10)17-9-16-11/h2-3,8-9H,4-7,15H2,1H3,(H,16,17). The molecular formula is C14H18N4O. The maximum Gasteiger partial charge on any atom is 0.242 e. The summed E-state index contributed by atoms with van der Waals surface area (Å²) >= 11 is 0. The second-order valence-corrected chi connectivity index (χ2v) is 5.39. The summed E-state index contributed by atoms with van der Waals surface area (Å²) in [4.78, 5) is 21.0. The van der Waals surface area contributed by atoms with Crippen molar-refractivity contribution < 1.29 is 4.79 Å². The SMILES string of the molecule is CN(CCc1ccc2nc[nH]c2c1)C(=O)C1(N)CC1. The number of likely N-dealkylation sites (N-methyl/N-ethyl adjacent to an activating group) is 1. The van der Waals surface area contributed by atoms with Crippen LogP contribution < -0.4 is 5.73 Å². The molecule has 1 heterocycles. The molecule has 1 amide bonds. The van der Waals surface area contributed by atoms with E-state index in [0.29, 0.717) is 6.54 Å². The fourth-order valence-electron chi connectivity index (χ4n) is 2.27. The molecule has 1 aromatic heterocycles. The van der Waals surface area contributed by atoms with Gasteiger partial charge in [0, 0.05) is 13.6 Å². The summed E-state index contributed by atoms with van der Waals surface area (Å²) in [5.74, 6) is 0.0649. The van der Waals surface area contributed by atoms with Crippen molar-refractivity contribution in [2.45, 2.75) is 24.8 Å². The number of aromatic amines is 1. The van der Waals surface area contributed by atoms with Gasteiger partial charge in [-0.15, -0.1) is 0 Å². The molecule has 0 saturated heterocycles. The van der Waals surface area contributed by atoms with Crippen LogP contribution in [0.3, 0.4) is 0 Å². The van der Waals surface area contributed by atoms with E-state index >= 15 is 0 Å². The van der Waals surface area contributed by atoms with Crippen LogP contribution >= 0.6 is 0 Å². The fraction of sp³-hybridized carbons (Fsp3) is 0.429. The zero-order valence-corrected chi connectivity index (χ0v) is 11.0. The number of H-pyrrole nitrogens is 1. The van der Waals surface area contributed by atoms with E-state index in [1.54, 1.807) is 11.2 Å². The number of amides is 1. The Morgan fingerprint density at radius 3 is 3.05 bits per heavy atom. The summed E-state index contributed by atoms with van der Waals surface area (Å²) in [5.41, 5.74) is 8.54. The Hall–Kier alpha value is -1.88. The summed E-state index contributed by atoms with van der Waals surface area (Å²) in [5, 5.41) is 0. The summed E-state index contributed by atoms with van der Waals surface area (Å²) in [6.45, 7) is 0.692. The summed E-state index contributed by atoms with van der Waals surface area (Å²) in [6, 6.07) is 6.13. The van der Waals surface area contributed by atoms with Crippen LogP contribution in [0, 0.1) is 0 Å². The van der Waals surface area contributed by atoms with Gasteiger partial charge in [-0.2, -0.15) is 0 Å². The molecule has 1 fully saturated rings. The molecule has 3 N–H and O–H groups in total. The molecule has 0 radical (unpaired) electrons. The summed E-state index contributed by atoms with van der Waals surface area (Å²) < 4.78 is 0. The van der Waals surface area contributed by atoms with Gasteiger partial charge in [-0.3, -0.25) is 4.79 Å². The maximum atomic E-state index is 12.0. The molecule has 1 saturated carbocycles. The van der Waals surface area contributed by atoms with E-state index in [1.165, 1.54) is 5.56 Å². The van der Waals surface area contributed by atoms with Crippen LogP contribution in [0.15, 0.2) is 24.5 Å². The first-order valence-corrected chi connectivity index (χ1v) is 6.55. The van der Waals surface area contributed by atoms with Crippen LogP contribution in [0.4, 0.5) is 0 Å². The van der Waals surface area contributed by atoms with Gasteiger partial charge >= 0.3 is 0 Å². The summed E-state index contributed by atoms with van der Waals surface area (Å²) in [6.07, 6.45) is 4.15. The highest BCUT2D eigenvalue weighted by atomic mass is 16.2. The number of nitrogens with two attached hydrogens (primary N) is 1. The number of hydrogen-bond donors (Lipinski definition) is 2. The van der Waals surface area contributed by atoms with Gasteiger partial charge in [0.1, 0.15) is 0 Å². The van der Waals surface area contributed by atoms with Gasteiger partial charge in [-0.25, -0.2) is 4.98 Å². The van der Waals surface area contributed by atoms with Gasteiger partial charge in [0.2, 0.25) is 5.91 Å². The molecule has 1 aliphatic rings. The minimum absolute atomic E-state index is 0.0649. The lowest BCUT2D eigenvalue weighted by Gasteiger charge is -2.20. The van der Waals surface area contributed by atoms with Crippen molar-refractivity contribution in [3.8, 4) is 0 Å². The first-order chi connectivity index (χ1) is 9.08. The van der Waals surface area contributed by atoms with E-state index in [0.717, 1.165) is 30.3 Å². The van der Waals surface area contributed by atoms with Crippen LogP contribution in [0.5, 0.6) is 0 Å². The van der Waals surface area contributed by atoms with Crippen molar-refractivity contribution >= 4 is 16.9 Å². The average molecular weight is 258 g/mol. The number of carbonyl (C=O) groups is 1. The van der Waals surface area contributed by atoms with Crippen molar-refractivity contribution in [2.75, 3.05) is 13.6 Å². The molecule has 0 unspecified atom stereocenters. The number of imidazole rings is 1. The number of benzene rings is 1. The molecule has 2 aromatic rings. The van der Waals surface area contributed by atoms with E-state index in [-0.39, 0.29) is 5.91 Å². The Morgan fingerprint density at radius 1 is 1.53 bits per heavy atom. The minimum atomic E-state index is -0.567. The highest BCUT2D eigenvalue weighted by molar-refractivity contribution is 5.88. The Bertz CT molecular complexity index is 615. The first kappa shape index (κ1) is 12.2. The van der Waals surface area contributed by atoms with Crippen molar-refractivity contribution in [3.05, 3.63) is 30.1 Å². The molecule has 1 aliphatic carbocycles. The Kier molecular flexibility index (Phi) is 2.78. The normalized spacial score (nSPS) is 16.5. The highest BCUT2D eigenvalue weighted by Gasteiger charge is 2.47. The number of rotatable bonds is 4. The lowest BCUT2D eigenvalue weighted by molar-refractivity contribution is -0.132. The lowest BCUT2D eigenvalue weighted by atomic mass is 10.1. The van der Waals surface area contributed by atoms with Crippen molar-refractivity contribution in [1.29, 1.82) is 0 Å². The third-order valence-electron chi connectivity index (χ3n) is 3.78. The van der Waals surface area contributed by atoms with Gasteiger partial charge in [-0.1, -0.05) is 6.07 Å². The van der Waals surface area contributed by atoms with Gasteiger partial charge in [0.15, 0.2) is 0 Å². The monoisotopic (exact) mass is 258 g/mol. The zero-order valence-electron chi connectivity index (χ0n) is 11.0. The number of aromatic nitrogens is 2. The lowest BCUT2D eigenvalue weighted by Crippen LogP contribution is -2.44. The smallest absolute Gasteiger partial charge is 0.242 e. The third-order valence-corrected chi connectivity index (χ3v) is 3.78. The van der Waals surface area contributed by atoms with E-state index in [1.807, 2.05) is 13.1 Å². The molecule has 0 spiro atoms. The van der Waals surface area contributed by atoms with E-state index in [2.05, 4.69) is 22.1 Å². The predicted molar refractivity (Wildman–Crippen MR) is 73.6 cm³/mol. The molecular weight excluding hydrogens is 240 g/mol. The molecule has 5 heteroatoms. The number of nitrogens with zero attached hydrogens (tertiary/aromatic N) is 2. The molecule has 5 nitrogen and oxygen atoms in total. The van der Waals surface area contributed by atoms with Crippen LogP contribution in [0.25, 0.3) is 11.0 Å². The van der Waals surface area contributed by atoms with Crippen LogP contribution in [0.1, 0.15) is 18.4 Å². The minimum Gasteiger partial charge on any atom is -0.345 e. The van der Waals surface area contributed by atoms with Crippen molar-refractivity contribution in [3.63, 3.8) is 0 Å². The number of hydrogen-bond acceptors (Lipinski definition) is 3. The van der Waals surface area contributed by atoms with Crippen molar-refractivity contribution in [1.82, 2.24) is 14.9 Å². The van der Waals surface area contributed by atoms with E-state index < -0.39 is 5.54 Å². The second-order valence-electron chi connectivity index (χ2n) is 5.39. The highest BCUT2D eigenvalue weighted by Crippen LogP contribution is 2.33. The van der Waals surface area contributed by atoms with E-state index in [9.17, 15) is 4.79 Å². The first-order valence-electron chi connectivity index (χ1n) is 6.55. The molecule has 0 bridgehead atoms. The molecule has 100 valence electrons. The van der Waals surface area contributed by atoms with E-state index in [4.69, 9.17) is 5.73 Å². The molecule has 0 atom stereocenters. The maximum absolute atomic E-state index is 12.0. The summed E-state index contributed by atoms with van der Waals surface area (Å²) in [7, 11) is 1.82. The number of fused-ring (bicyclic) bond motifs is 1. The van der Waals surface area contributed by atoms with Crippen molar-refractivity contribution in [2.24, 2.45) is 5.73 Å². The Labute approximate surface area is 111 Å². The number of nitrogens with one attached hydrogen (secondary N) is 1. The van der Waals surface area contributed by atoms with Crippen LogP contribution in [-0.2, 0) is 11.2 Å². The van der Waals surface area contributed by atoms with Gasteiger partial charge in [0.25, 0.3) is 0 Å². The van der Waals surface area contributed by atoms with Gasteiger partial charge < -0.3 is 15.6 Å². The quantitative estimate of drug-likeness (QED) is 0.861. The van der Waals surface area contributed by atoms with Crippen LogP contribution in [-0.4, -0.2) is 39.9 Å². The zero-order chi connectivity index (χ0) is 13.5. The Morgan fingerprint density at radius 2 is 2.32 bits per heavy atom. The molecule has 3 rings (SSSR count). The second kappa shape index (κ2) is 4.35. The average Bonchev–Trinajstić information content (AvgIpc) is 3.00. The van der Waals surface area contributed by atoms with Crippen LogP contribution in [0.2, 0.25) is 0 Å². The molecule has 0 aliphatic heterocycles. The topological polar surface area (TPSA) is 75.0 Å². The fourth-order valence-corrected chi connectivity index (χ4v) is 2.27. The van der Waals surface area contributed by atoms with Gasteiger partial charge in [0.05, 0.1) is 22.9 Å². The molecule has 1 aromatic carbocycles.